The van der Waals surface area contributed by atoms with Crippen molar-refractivity contribution in [1.82, 2.24) is 15.3 Å². The maximum absolute atomic E-state index is 13.6. The number of carbonyl (C=O) groups is 2. The number of benzene rings is 2. The zero-order chi connectivity index (χ0) is 21.3. The summed E-state index contributed by atoms with van der Waals surface area (Å²) in [4.78, 5) is 33.1. The van der Waals surface area contributed by atoms with Gasteiger partial charge >= 0.3 is 11.3 Å². The predicted octanol–water partition coefficient (Wildman–Crippen LogP) is 3.09. The van der Waals surface area contributed by atoms with Crippen molar-refractivity contribution in [3.8, 4) is 0 Å². The molecule has 0 atom stereocenters. The molecule has 31 heavy (non-hydrogen) atoms. The van der Waals surface area contributed by atoms with Crippen molar-refractivity contribution in [3.05, 3.63) is 90.5 Å². The van der Waals surface area contributed by atoms with E-state index in [4.69, 9.17) is 4.65 Å². The monoisotopic (exact) mass is 495 g/mol. The molecule has 0 radical (unpaired) electrons. The Labute approximate surface area is 188 Å². The van der Waals surface area contributed by atoms with Crippen LogP contribution in [0.2, 0.25) is 0 Å². The third-order valence-electron chi connectivity index (χ3n) is 4.52. The fraction of sp³-hybridized carbons (Fsp3) is 0. The van der Waals surface area contributed by atoms with E-state index in [1.165, 1.54) is 6.07 Å². The second kappa shape index (κ2) is 9.06. The van der Waals surface area contributed by atoms with E-state index in [2.05, 4.69) is 46.2 Å². The number of carbonyl (C=O) groups excluding carboxylic acids is 2. The molecule has 0 fully saturated rings. The largest absolute Gasteiger partial charge is 0.999 e. The Hall–Kier alpha value is -3.57. The van der Waals surface area contributed by atoms with Crippen LogP contribution in [-0.4, -0.2) is 16.8 Å². The minimum absolute atomic E-state index is 0. The summed E-state index contributed by atoms with van der Waals surface area (Å²) < 4.78 is 21.1. The summed E-state index contributed by atoms with van der Waals surface area (Å²) in [6.07, 6.45) is 1.09. The standard InChI is InChI=1S/C17H8FN3O2.C5H.CO.Ru/c18-7-5-9-12-13(17(23)21-16(12)22)11-8-3-1-2-4-10(8)20-15(11)14(9)19-6-7;1-2-4-5-3-1;1-2;/h1-6H,(H2,19,20,21,22,23);1H;;/q;-5;;/p-1. The maximum atomic E-state index is 13.6. The fourth-order valence-corrected chi connectivity index (χ4v) is 3.46. The first kappa shape index (κ1) is 22.1. The Bertz CT molecular complexity index is 1420. The fourth-order valence-electron chi connectivity index (χ4n) is 3.46. The van der Waals surface area contributed by atoms with Gasteiger partial charge in [-0.2, -0.15) is 0 Å². The molecule has 6 nitrogen and oxygen atoms in total. The van der Waals surface area contributed by atoms with Gasteiger partial charge in [0.2, 0.25) is 0 Å². The smallest absolute Gasteiger partial charge is 0 e. The van der Waals surface area contributed by atoms with E-state index >= 15 is 0 Å². The van der Waals surface area contributed by atoms with Crippen LogP contribution in [0.15, 0.2) is 42.6 Å². The number of pyridine rings is 1. The van der Waals surface area contributed by atoms with Crippen LogP contribution in [0.5, 0.6) is 0 Å². The Morgan fingerprint density at radius 2 is 1.74 bits per heavy atom. The average molecular weight is 494 g/mol. The second-order valence-electron chi connectivity index (χ2n) is 6.12. The molecule has 2 aromatic heterocycles. The average Bonchev–Trinajstić information content (AvgIpc) is 3.50. The third-order valence-corrected chi connectivity index (χ3v) is 4.52. The number of hydrogen-bond donors (Lipinski definition) is 1. The van der Waals surface area contributed by atoms with Gasteiger partial charge < -0.3 is 35.3 Å². The van der Waals surface area contributed by atoms with E-state index in [0.717, 1.165) is 11.6 Å². The van der Waals surface area contributed by atoms with E-state index in [-0.39, 0.29) is 30.6 Å². The van der Waals surface area contributed by atoms with Crippen LogP contribution in [0, 0.1) is 36.7 Å². The summed E-state index contributed by atoms with van der Waals surface area (Å²) in [6, 6.07) is 20.6. The molecule has 1 aliphatic rings. The van der Waals surface area contributed by atoms with Gasteiger partial charge in [0.15, 0.2) is 0 Å². The van der Waals surface area contributed by atoms with Crippen molar-refractivity contribution in [3.63, 3.8) is 0 Å². The van der Waals surface area contributed by atoms with Crippen molar-refractivity contribution in [2.75, 3.05) is 0 Å². The first-order chi connectivity index (χ1) is 14.6. The number of amides is 2. The van der Waals surface area contributed by atoms with E-state index < -0.39 is 17.6 Å². The Kier molecular flexibility index (Phi) is 6.47. The van der Waals surface area contributed by atoms with Crippen molar-refractivity contribution >= 4 is 44.5 Å². The molecular formula is C23H8FN3O3Ru-6. The summed E-state index contributed by atoms with van der Waals surface area (Å²) >= 11 is 0. The van der Waals surface area contributed by atoms with Crippen molar-refractivity contribution in [2.45, 2.75) is 0 Å². The molecule has 0 saturated heterocycles. The molecule has 0 spiro atoms. The zero-order valence-electron chi connectivity index (χ0n) is 15.4. The minimum atomic E-state index is -0.567. The van der Waals surface area contributed by atoms with Crippen LogP contribution < -0.4 is 10.3 Å². The van der Waals surface area contributed by atoms with Crippen LogP contribution in [0.4, 0.5) is 4.39 Å². The third kappa shape index (κ3) is 3.69. The number of imide groups is 1. The first-order valence-corrected chi connectivity index (χ1v) is 8.50. The SMILES string of the molecule is O=C1NC(=O)c2c1c1cc(F)cnc1c1[n-]c3ccccc3c21.[C-]#[O+].[Ru].[c-]1[c-][c-][cH-][c-]1. The number of nitrogens with one attached hydrogen (secondary N) is 1. The molecule has 0 unspecified atom stereocenters. The zero-order valence-corrected chi connectivity index (χ0v) is 17.1. The normalized spacial score (nSPS) is 11.7. The number of fused-ring (bicyclic) bond motifs is 8. The summed E-state index contributed by atoms with van der Waals surface area (Å²) in [5.74, 6) is -1.59. The van der Waals surface area contributed by atoms with Gasteiger partial charge in [0.1, 0.15) is 5.82 Å². The molecular weight excluding hydrogens is 486 g/mol. The van der Waals surface area contributed by atoms with Crippen LogP contribution in [0.1, 0.15) is 20.7 Å². The van der Waals surface area contributed by atoms with Gasteiger partial charge in [-0.15, -0.1) is 11.0 Å². The molecule has 8 heteroatoms. The number of rotatable bonds is 0. The van der Waals surface area contributed by atoms with Crippen LogP contribution in [0.25, 0.3) is 32.7 Å². The van der Waals surface area contributed by atoms with Gasteiger partial charge in [-0.1, -0.05) is 24.3 Å². The molecule has 5 aromatic rings. The molecule has 2 amide bonds. The number of nitrogens with zero attached hydrogens (tertiary/aromatic N) is 2. The molecule has 3 heterocycles. The van der Waals surface area contributed by atoms with Gasteiger partial charge in [-0.3, -0.25) is 19.9 Å². The summed E-state index contributed by atoms with van der Waals surface area (Å²) in [6.45, 7) is 4.50. The van der Waals surface area contributed by atoms with Gasteiger partial charge in [-0.25, -0.2) is 4.39 Å². The molecule has 0 aliphatic carbocycles. The quantitative estimate of drug-likeness (QED) is 0.155. The summed E-state index contributed by atoms with van der Waals surface area (Å²) in [5.41, 5.74) is 2.04. The predicted molar refractivity (Wildman–Crippen MR) is 103 cm³/mol. The van der Waals surface area contributed by atoms with E-state index in [1.807, 2.05) is 24.3 Å². The molecule has 6 rings (SSSR count). The Morgan fingerprint density at radius 3 is 2.42 bits per heavy atom. The Balaban J connectivity index is 0.000000297. The molecule has 1 aliphatic heterocycles. The van der Waals surface area contributed by atoms with Crippen molar-refractivity contribution in [1.29, 1.82) is 0 Å². The molecule has 0 bridgehead atoms. The Morgan fingerprint density at radius 1 is 1.06 bits per heavy atom. The van der Waals surface area contributed by atoms with Crippen LogP contribution in [-0.2, 0) is 24.1 Å². The van der Waals surface area contributed by atoms with Crippen LogP contribution >= 0.6 is 0 Å². The van der Waals surface area contributed by atoms with Crippen molar-refractivity contribution in [2.24, 2.45) is 0 Å². The summed E-state index contributed by atoms with van der Waals surface area (Å²) in [7, 11) is 0. The van der Waals surface area contributed by atoms with E-state index in [1.54, 1.807) is 6.07 Å². The molecule has 3 aromatic carbocycles. The van der Waals surface area contributed by atoms with E-state index in [0.29, 0.717) is 27.3 Å². The number of halogens is 1. The van der Waals surface area contributed by atoms with Crippen LogP contribution in [0.3, 0.4) is 0 Å². The van der Waals surface area contributed by atoms with Gasteiger partial charge in [0.25, 0.3) is 11.8 Å². The van der Waals surface area contributed by atoms with Gasteiger partial charge in [-0.05, 0) is 16.8 Å². The number of aromatic nitrogens is 2. The van der Waals surface area contributed by atoms with Crippen molar-refractivity contribution < 1.29 is 38.1 Å². The first-order valence-electron chi connectivity index (χ1n) is 8.50. The summed E-state index contributed by atoms with van der Waals surface area (Å²) in [5, 5.41) is 3.95. The molecule has 1 N–H and O–H groups in total. The minimum Gasteiger partial charge on any atom is -0.999 e. The van der Waals surface area contributed by atoms with Gasteiger partial charge in [0.05, 0.1) is 22.8 Å². The molecule has 0 saturated carbocycles. The van der Waals surface area contributed by atoms with E-state index in [9.17, 15) is 14.0 Å². The maximum Gasteiger partial charge on any atom is 0 e. The topological polar surface area (TPSA) is 93.1 Å². The second-order valence-corrected chi connectivity index (χ2v) is 6.12. The number of hydrogen-bond acceptors (Lipinski definition) is 3. The van der Waals surface area contributed by atoms with Gasteiger partial charge in [0, 0.05) is 24.9 Å². The molecule has 154 valence electrons. The number of para-hydroxylation sites is 1.